The van der Waals surface area contributed by atoms with E-state index in [1.165, 1.54) is 12.1 Å². The molecule has 0 spiro atoms. The van der Waals surface area contributed by atoms with Crippen molar-refractivity contribution >= 4 is 5.97 Å². The highest BCUT2D eigenvalue weighted by Gasteiger charge is 2.07. The molecule has 100 valence electrons. The van der Waals surface area contributed by atoms with E-state index in [0.29, 0.717) is 18.8 Å². The summed E-state index contributed by atoms with van der Waals surface area (Å²) in [5.41, 5.74) is 0.420. The molecular formula is C13H17FO4. The maximum atomic E-state index is 13.1. The number of benzene rings is 1. The molecule has 5 heteroatoms. The van der Waals surface area contributed by atoms with Crippen molar-refractivity contribution < 1.29 is 23.8 Å². The highest BCUT2D eigenvalue weighted by Crippen LogP contribution is 2.10. The highest BCUT2D eigenvalue weighted by atomic mass is 19.1. The number of aromatic carboxylic acids is 1. The molecule has 0 saturated heterocycles. The van der Waals surface area contributed by atoms with E-state index in [1.54, 1.807) is 0 Å². The minimum atomic E-state index is -1.15. The molecule has 0 saturated carbocycles. The summed E-state index contributed by atoms with van der Waals surface area (Å²) in [5.74, 6) is -1.73. The van der Waals surface area contributed by atoms with Gasteiger partial charge in [-0.25, -0.2) is 9.18 Å². The number of carboxylic acid groups (broad SMARTS) is 1. The van der Waals surface area contributed by atoms with Gasteiger partial charge < -0.3 is 14.6 Å². The van der Waals surface area contributed by atoms with Gasteiger partial charge in [-0.05, 0) is 37.6 Å². The lowest BCUT2D eigenvalue weighted by Crippen LogP contribution is -2.09. The first-order valence-electron chi connectivity index (χ1n) is 5.71. The van der Waals surface area contributed by atoms with E-state index in [1.807, 2.05) is 13.8 Å². The minimum absolute atomic E-state index is 0.0768. The van der Waals surface area contributed by atoms with E-state index < -0.39 is 11.8 Å². The van der Waals surface area contributed by atoms with Crippen LogP contribution in [0.5, 0.6) is 0 Å². The molecule has 0 aromatic heterocycles. The molecule has 0 amide bonds. The maximum absolute atomic E-state index is 13.1. The fourth-order valence-electron chi connectivity index (χ4n) is 1.39. The third-order valence-corrected chi connectivity index (χ3v) is 2.15. The van der Waals surface area contributed by atoms with Crippen LogP contribution in [-0.4, -0.2) is 30.4 Å². The third-order valence-electron chi connectivity index (χ3n) is 2.15. The van der Waals surface area contributed by atoms with E-state index in [0.717, 1.165) is 6.07 Å². The van der Waals surface area contributed by atoms with Crippen molar-refractivity contribution in [1.29, 1.82) is 0 Å². The second kappa shape index (κ2) is 7.08. The van der Waals surface area contributed by atoms with Crippen molar-refractivity contribution in [3.05, 3.63) is 35.1 Å². The molecule has 1 rings (SSSR count). The Morgan fingerprint density at radius 1 is 1.33 bits per heavy atom. The first-order chi connectivity index (χ1) is 8.49. The van der Waals surface area contributed by atoms with Crippen molar-refractivity contribution in [2.45, 2.75) is 26.6 Å². The number of rotatable bonds is 7. The lowest BCUT2D eigenvalue weighted by Gasteiger charge is -2.08. The third kappa shape index (κ3) is 5.25. The Morgan fingerprint density at radius 3 is 2.67 bits per heavy atom. The smallest absolute Gasteiger partial charge is 0.335 e. The van der Waals surface area contributed by atoms with Gasteiger partial charge in [-0.2, -0.15) is 0 Å². The van der Waals surface area contributed by atoms with E-state index in [9.17, 15) is 9.18 Å². The molecule has 0 aliphatic carbocycles. The van der Waals surface area contributed by atoms with Gasteiger partial charge in [0, 0.05) is 0 Å². The van der Waals surface area contributed by atoms with Gasteiger partial charge in [-0.1, -0.05) is 0 Å². The van der Waals surface area contributed by atoms with Gasteiger partial charge in [0.25, 0.3) is 0 Å². The van der Waals surface area contributed by atoms with Crippen molar-refractivity contribution in [3.8, 4) is 0 Å². The number of carbonyl (C=O) groups is 1. The van der Waals surface area contributed by atoms with Crippen LogP contribution < -0.4 is 0 Å². The van der Waals surface area contributed by atoms with Gasteiger partial charge >= 0.3 is 5.97 Å². The Kier molecular flexibility index (Phi) is 5.74. The molecule has 0 aliphatic heterocycles. The highest BCUT2D eigenvalue weighted by molar-refractivity contribution is 5.87. The van der Waals surface area contributed by atoms with Crippen LogP contribution in [0.1, 0.15) is 29.8 Å². The average molecular weight is 256 g/mol. The summed E-state index contributed by atoms with van der Waals surface area (Å²) in [4.78, 5) is 10.7. The van der Waals surface area contributed by atoms with Gasteiger partial charge in [0.2, 0.25) is 0 Å². The Bertz CT molecular complexity index is 404. The van der Waals surface area contributed by atoms with E-state index >= 15 is 0 Å². The van der Waals surface area contributed by atoms with Crippen LogP contribution in [0.2, 0.25) is 0 Å². The van der Waals surface area contributed by atoms with Crippen LogP contribution in [0, 0.1) is 5.82 Å². The zero-order valence-electron chi connectivity index (χ0n) is 10.5. The first-order valence-corrected chi connectivity index (χ1v) is 5.71. The van der Waals surface area contributed by atoms with Gasteiger partial charge in [-0.3, -0.25) is 0 Å². The molecule has 0 atom stereocenters. The fourth-order valence-corrected chi connectivity index (χ4v) is 1.39. The molecule has 4 nitrogen and oxygen atoms in total. The molecule has 1 aromatic carbocycles. The van der Waals surface area contributed by atoms with E-state index in [-0.39, 0.29) is 18.3 Å². The molecule has 0 fully saturated rings. The van der Waals surface area contributed by atoms with Crippen LogP contribution in [0.4, 0.5) is 4.39 Å². The van der Waals surface area contributed by atoms with Gasteiger partial charge in [0.15, 0.2) is 0 Å². The van der Waals surface area contributed by atoms with Crippen LogP contribution in [0.15, 0.2) is 18.2 Å². The summed E-state index contributed by atoms with van der Waals surface area (Å²) in [6.07, 6.45) is 0.140. The molecule has 1 aromatic rings. The SMILES string of the molecule is CC(C)OCCOCc1cc(F)cc(C(=O)O)c1. The van der Waals surface area contributed by atoms with Crippen LogP contribution in [-0.2, 0) is 16.1 Å². The summed E-state index contributed by atoms with van der Waals surface area (Å²) in [7, 11) is 0. The number of hydrogen-bond acceptors (Lipinski definition) is 3. The summed E-state index contributed by atoms with van der Waals surface area (Å²) in [5, 5.41) is 8.78. The largest absolute Gasteiger partial charge is 0.478 e. The van der Waals surface area contributed by atoms with Gasteiger partial charge in [0.1, 0.15) is 5.82 Å². The maximum Gasteiger partial charge on any atom is 0.335 e. The normalized spacial score (nSPS) is 10.9. The Hall–Kier alpha value is -1.46. The number of carboxylic acids is 1. The summed E-state index contributed by atoms with van der Waals surface area (Å²) >= 11 is 0. The lowest BCUT2D eigenvalue weighted by molar-refractivity contribution is 0.0142. The first kappa shape index (κ1) is 14.6. The van der Waals surface area contributed by atoms with Crippen LogP contribution in [0.25, 0.3) is 0 Å². The predicted molar refractivity (Wildman–Crippen MR) is 64.1 cm³/mol. The topological polar surface area (TPSA) is 55.8 Å². The number of hydrogen-bond donors (Lipinski definition) is 1. The zero-order chi connectivity index (χ0) is 13.5. The monoisotopic (exact) mass is 256 g/mol. The standard InChI is InChI=1S/C13H17FO4/c1-9(2)18-4-3-17-8-10-5-11(13(15)16)7-12(14)6-10/h5-7,9H,3-4,8H2,1-2H3,(H,15,16). The van der Waals surface area contributed by atoms with Crippen molar-refractivity contribution in [2.75, 3.05) is 13.2 Å². The molecule has 18 heavy (non-hydrogen) atoms. The molecule has 0 aliphatic rings. The summed E-state index contributed by atoms with van der Waals surface area (Å²) in [6.45, 7) is 4.85. The molecule has 0 heterocycles. The Morgan fingerprint density at radius 2 is 2.06 bits per heavy atom. The number of ether oxygens (including phenoxy) is 2. The fraction of sp³-hybridized carbons (Fsp3) is 0.462. The molecule has 0 radical (unpaired) electrons. The van der Waals surface area contributed by atoms with Crippen LogP contribution in [0.3, 0.4) is 0 Å². The predicted octanol–water partition coefficient (Wildman–Crippen LogP) is 2.47. The Balaban J connectivity index is 2.44. The average Bonchev–Trinajstić information content (AvgIpc) is 2.27. The van der Waals surface area contributed by atoms with Gasteiger partial charge in [-0.15, -0.1) is 0 Å². The second-order valence-electron chi connectivity index (χ2n) is 4.13. The zero-order valence-corrected chi connectivity index (χ0v) is 10.5. The summed E-state index contributed by atoms with van der Waals surface area (Å²) in [6, 6.07) is 3.64. The number of halogens is 1. The van der Waals surface area contributed by atoms with Crippen molar-refractivity contribution in [3.63, 3.8) is 0 Å². The molecular weight excluding hydrogens is 239 g/mol. The second-order valence-corrected chi connectivity index (χ2v) is 4.13. The Labute approximate surface area is 105 Å². The lowest BCUT2D eigenvalue weighted by atomic mass is 10.1. The molecule has 0 unspecified atom stereocenters. The molecule has 0 bridgehead atoms. The van der Waals surface area contributed by atoms with Crippen molar-refractivity contribution in [2.24, 2.45) is 0 Å². The van der Waals surface area contributed by atoms with E-state index in [2.05, 4.69) is 0 Å². The van der Waals surface area contributed by atoms with Crippen molar-refractivity contribution in [1.82, 2.24) is 0 Å². The quantitative estimate of drug-likeness (QED) is 0.761. The van der Waals surface area contributed by atoms with E-state index in [4.69, 9.17) is 14.6 Å². The van der Waals surface area contributed by atoms with Crippen LogP contribution >= 0.6 is 0 Å². The molecule has 1 N–H and O–H groups in total. The summed E-state index contributed by atoms with van der Waals surface area (Å²) < 4.78 is 23.7. The van der Waals surface area contributed by atoms with Gasteiger partial charge in [0.05, 0.1) is 31.5 Å². The minimum Gasteiger partial charge on any atom is -0.478 e.